The molecule has 0 aliphatic rings. The number of urea groups is 1. The quantitative estimate of drug-likeness (QED) is 0.0646. The number of carbonyl (C=O) groups is 1. The molecular formula is C21H14N2Na2O9S2. The molecule has 0 bridgehead atoms. The van der Waals surface area contributed by atoms with Crippen molar-refractivity contribution in [3.63, 3.8) is 0 Å². The molecule has 0 aliphatic heterocycles. The first-order valence-electron chi connectivity index (χ1n) is 9.35. The van der Waals surface area contributed by atoms with Crippen molar-refractivity contribution < 1.29 is 102 Å². The summed E-state index contributed by atoms with van der Waals surface area (Å²) in [6.45, 7) is 0. The Morgan fingerprint density at radius 2 is 1.36 bits per heavy atom. The van der Waals surface area contributed by atoms with Crippen LogP contribution in [0.25, 0.3) is 21.5 Å². The van der Waals surface area contributed by atoms with Gasteiger partial charge in [0, 0.05) is 27.0 Å². The van der Waals surface area contributed by atoms with Gasteiger partial charge in [0.15, 0.2) is 0 Å². The van der Waals surface area contributed by atoms with Gasteiger partial charge in [-0.25, -0.2) is 13.2 Å². The number of amides is 2. The van der Waals surface area contributed by atoms with Crippen LogP contribution in [0.3, 0.4) is 0 Å². The minimum atomic E-state index is -4.78. The Morgan fingerprint density at radius 1 is 0.833 bits per heavy atom. The van der Waals surface area contributed by atoms with E-state index in [0.717, 1.165) is 12.1 Å². The van der Waals surface area contributed by atoms with Gasteiger partial charge in [0.1, 0.15) is 21.6 Å². The summed E-state index contributed by atoms with van der Waals surface area (Å²) in [5.41, 5.74) is 0.655. The third kappa shape index (κ3) is 7.25. The molecule has 0 aromatic heterocycles. The van der Waals surface area contributed by atoms with Gasteiger partial charge in [0.2, 0.25) is 0 Å². The van der Waals surface area contributed by atoms with Gasteiger partial charge in [-0.15, -0.1) is 0 Å². The number of hydrogen-bond acceptors (Lipinski definition) is 10. The summed E-state index contributed by atoms with van der Waals surface area (Å²) >= 11 is 0.606. The SMILES string of the molecule is O=C(Nc1ccc2c(O)cc(SOO[O-])cc2c1)Nc1ccc2c(O)cc(S(=O)(=O)[O-])cc2c1.[Na+].[Na+]. The molecule has 0 heterocycles. The van der Waals surface area contributed by atoms with Crippen molar-refractivity contribution in [2.45, 2.75) is 9.79 Å². The first-order valence-corrected chi connectivity index (χ1v) is 11.5. The van der Waals surface area contributed by atoms with Gasteiger partial charge in [-0.1, -0.05) is 0 Å². The maximum Gasteiger partial charge on any atom is 1.00 e. The summed E-state index contributed by atoms with van der Waals surface area (Å²) < 4.78 is 38.1. The Hall–Kier alpha value is -1.59. The minimum Gasteiger partial charge on any atom is -0.744 e. The van der Waals surface area contributed by atoms with Gasteiger partial charge in [0.05, 0.1) is 16.9 Å². The standard InChI is InChI=1S/C21H16N2O9S2.2Na/c24-19-9-15(33-32-31-27)7-11-5-13(1-3-17(11)19)22-21(26)23-14-2-4-18-12(6-14)8-16(10-20(18)25)34(28,29)30;;/h1-10,24-25,27H,(H2,22,23,26)(H,28,29,30);;/q;2*+1/p-2. The average molecular weight is 548 g/mol. The molecule has 4 rings (SSSR count). The van der Waals surface area contributed by atoms with E-state index in [0.29, 0.717) is 38.8 Å². The molecule has 15 heteroatoms. The molecule has 4 aromatic carbocycles. The van der Waals surface area contributed by atoms with E-state index in [9.17, 15) is 33.2 Å². The number of rotatable bonds is 6. The smallest absolute Gasteiger partial charge is 0.744 e. The number of carbonyl (C=O) groups excluding carboxylic acids is 1. The van der Waals surface area contributed by atoms with Crippen LogP contribution in [0.15, 0.2) is 70.5 Å². The number of fused-ring (bicyclic) bond motifs is 2. The maximum absolute atomic E-state index is 12.5. The van der Waals surface area contributed by atoms with E-state index in [2.05, 4.69) is 20.0 Å². The molecule has 0 spiro atoms. The Kier molecular flexibility index (Phi) is 10.9. The Bertz CT molecular complexity index is 1540. The summed E-state index contributed by atoms with van der Waals surface area (Å²) in [7, 11) is -4.78. The first kappa shape index (κ1) is 30.6. The van der Waals surface area contributed by atoms with E-state index >= 15 is 0 Å². The molecule has 0 fully saturated rings. The fraction of sp³-hybridized carbons (Fsp3) is 0. The topological polar surface area (TPSA) is 180 Å². The number of anilines is 2. The minimum absolute atomic E-state index is 0. The van der Waals surface area contributed by atoms with Gasteiger partial charge >= 0.3 is 65.1 Å². The summed E-state index contributed by atoms with van der Waals surface area (Å²) in [4.78, 5) is 12.3. The number of hydrogen-bond donors (Lipinski definition) is 4. The zero-order valence-corrected chi connectivity index (χ0v) is 24.5. The molecule has 0 aliphatic carbocycles. The molecule has 0 saturated heterocycles. The summed E-state index contributed by atoms with van der Waals surface area (Å²) in [5.74, 6) is -0.448. The van der Waals surface area contributed by atoms with E-state index < -0.39 is 21.0 Å². The third-order valence-electron chi connectivity index (χ3n) is 4.77. The second kappa shape index (κ2) is 12.8. The Balaban J connectivity index is 0.00000228. The third-order valence-corrected chi connectivity index (χ3v) is 6.14. The van der Waals surface area contributed by atoms with Crippen molar-refractivity contribution >= 4 is 61.1 Å². The van der Waals surface area contributed by atoms with E-state index in [-0.39, 0.29) is 81.7 Å². The molecule has 36 heavy (non-hydrogen) atoms. The summed E-state index contributed by atoms with van der Waals surface area (Å²) in [5, 5.41) is 40.2. The van der Waals surface area contributed by atoms with E-state index in [1.807, 2.05) is 0 Å². The number of benzene rings is 4. The largest absolute Gasteiger partial charge is 1.00 e. The van der Waals surface area contributed by atoms with Crippen molar-refractivity contribution in [1.29, 1.82) is 0 Å². The van der Waals surface area contributed by atoms with Crippen LogP contribution in [0.1, 0.15) is 0 Å². The Morgan fingerprint density at radius 3 is 1.89 bits per heavy atom. The van der Waals surface area contributed by atoms with Crippen LogP contribution in [-0.4, -0.2) is 29.2 Å². The van der Waals surface area contributed by atoms with Gasteiger partial charge < -0.3 is 30.7 Å². The van der Waals surface area contributed by atoms with Crippen LogP contribution >= 0.6 is 12.0 Å². The van der Waals surface area contributed by atoms with Crippen LogP contribution in [0.2, 0.25) is 0 Å². The van der Waals surface area contributed by atoms with Crippen LogP contribution in [0, 0.1) is 0 Å². The van der Waals surface area contributed by atoms with Crippen molar-refractivity contribution in [3.8, 4) is 11.5 Å². The van der Waals surface area contributed by atoms with Crippen LogP contribution < -0.4 is 75.0 Å². The van der Waals surface area contributed by atoms with Crippen molar-refractivity contribution in [2.24, 2.45) is 0 Å². The van der Waals surface area contributed by atoms with E-state index in [1.165, 1.54) is 24.3 Å². The molecule has 4 N–H and O–H groups in total. The van der Waals surface area contributed by atoms with Gasteiger partial charge in [-0.2, -0.15) is 4.33 Å². The van der Waals surface area contributed by atoms with Crippen molar-refractivity contribution in [3.05, 3.63) is 60.7 Å². The van der Waals surface area contributed by atoms with Gasteiger partial charge in [0.25, 0.3) is 0 Å². The Labute approximate surface area is 253 Å². The second-order valence-electron chi connectivity index (χ2n) is 7.01. The summed E-state index contributed by atoms with van der Waals surface area (Å²) in [6.07, 6.45) is 0. The molecule has 176 valence electrons. The monoisotopic (exact) mass is 548 g/mol. The predicted octanol–water partition coefficient (Wildman–Crippen LogP) is -2.81. The summed E-state index contributed by atoms with van der Waals surface area (Å²) in [6, 6.07) is 13.4. The fourth-order valence-corrected chi connectivity index (χ4v) is 4.31. The number of nitrogens with one attached hydrogen (secondary N) is 2. The zero-order chi connectivity index (χ0) is 24.5. The number of phenols is 2. The van der Waals surface area contributed by atoms with Crippen molar-refractivity contribution in [1.82, 2.24) is 0 Å². The fourth-order valence-electron chi connectivity index (χ4n) is 3.34. The molecule has 0 atom stereocenters. The number of aromatic hydroxyl groups is 2. The van der Waals surface area contributed by atoms with Crippen LogP contribution in [0.5, 0.6) is 11.5 Å². The molecule has 4 aromatic rings. The number of phenolic OH excluding ortho intramolecular Hbond substituents is 2. The van der Waals surface area contributed by atoms with Crippen LogP contribution in [0.4, 0.5) is 16.2 Å². The average Bonchev–Trinajstić information content (AvgIpc) is 2.76. The molecule has 0 radical (unpaired) electrons. The van der Waals surface area contributed by atoms with Gasteiger partial charge in [-0.3, -0.25) is 5.04 Å². The predicted molar refractivity (Wildman–Crippen MR) is 120 cm³/mol. The van der Waals surface area contributed by atoms with Gasteiger partial charge in [-0.05, 0) is 71.4 Å². The normalized spacial score (nSPS) is 10.9. The molecule has 11 nitrogen and oxygen atoms in total. The first-order chi connectivity index (χ1) is 16.1. The molecular weight excluding hydrogens is 534 g/mol. The molecule has 0 unspecified atom stereocenters. The molecule has 2 amide bonds. The van der Waals surface area contributed by atoms with Crippen LogP contribution in [-0.2, 0) is 19.5 Å². The second-order valence-corrected chi connectivity index (χ2v) is 9.16. The van der Waals surface area contributed by atoms with Crippen molar-refractivity contribution in [2.75, 3.05) is 10.6 Å². The maximum atomic E-state index is 12.5. The van der Waals surface area contributed by atoms with E-state index in [1.54, 1.807) is 24.3 Å². The zero-order valence-electron chi connectivity index (χ0n) is 18.8. The molecule has 0 saturated carbocycles. The van der Waals surface area contributed by atoms with E-state index in [4.69, 9.17) is 0 Å².